The minimum atomic E-state index is -0.793. The van der Waals surface area contributed by atoms with Gasteiger partial charge in [0.15, 0.2) is 0 Å². The lowest BCUT2D eigenvalue weighted by atomic mass is 9.77. The van der Waals surface area contributed by atoms with Gasteiger partial charge in [-0.25, -0.2) is 4.79 Å². The second kappa shape index (κ2) is 9.07. The number of carboxylic acid groups (broad SMARTS) is 1. The highest BCUT2D eigenvalue weighted by atomic mass is 16.8. The van der Waals surface area contributed by atoms with Gasteiger partial charge in [0.1, 0.15) is 12.2 Å². The molecule has 6 unspecified atom stereocenters. The molecule has 1 saturated heterocycles. The third-order valence-corrected chi connectivity index (χ3v) is 5.82. The van der Waals surface area contributed by atoms with Crippen molar-refractivity contribution in [3.63, 3.8) is 0 Å². The maximum atomic E-state index is 11.6. The number of hydrogen-bond donors (Lipinski definition) is 2. The largest absolute Gasteiger partial charge is 0.509 e. The van der Waals surface area contributed by atoms with Gasteiger partial charge in [-0.3, -0.25) is 4.79 Å². The van der Waals surface area contributed by atoms with E-state index in [1.54, 1.807) is 6.92 Å². The highest BCUT2D eigenvalue weighted by Crippen LogP contribution is 2.35. The standard InChI is InChI=1S/C20H36O6/c1-7-19(5,17(21)22)11-13(3)9-15-16(26-18(23)25-15)10-14(4)12-20(6,24)8-2/h13-16,24H,7-12H2,1-6H3,(H,21,22). The number of carbonyl (C=O) groups excluding carboxylic acids is 1. The minimum Gasteiger partial charge on any atom is -0.481 e. The minimum absolute atomic E-state index is 0.0899. The third kappa shape index (κ3) is 6.45. The van der Waals surface area contributed by atoms with Crippen LogP contribution < -0.4 is 0 Å². The maximum absolute atomic E-state index is 11.6. The molecule has 0 bridgehead atoms. The second-order valence-electron chi connectivity index (χ2n) is 8.72. The van der Waals surface area contributed by atoms with Crippen LogP contribution in [0.15, 0.2) is 0 Å². The first kappa shape index (κ1) is 22.7. The lowest BCUT2D eigenvalue weighted by Crippen LogP contribution is -2.33. The summed E-state index contributed by atoms with van der Waals surface area (Å²) in [5, 5.41) is 19.7. The lowest BCUT2D eigenvalue weighted by molar-refractivity contribution is -0.149. The Kier molecular flexibility index (Phi) is 7.93. The van der Waals surface area contributed by atoms with Crippen LogP contribution in [0.2, 0.25) is 0 Å². The van der Waals surface area contributed by atoms with E-state index in [-0.39, 0.29) is 24.0 Å². The second-order valence-corrected chi connectivity index (χ2v) is 8.72. The summed E-state index contributed by atoms with van der Waals surface area (Å²) in [6.45, 7) is 11.4. The van der Waals surface area contributed by atoms with E-state index in [0.717, 1.165) is 0 Å². The number of ether oxygens (including phenoxy) is 2. The first-order valence-corrected chi connectivity index (χ1v) is 9.75. The molecule has 1 aliphatic rings. The highest BCUT2D eigenvalue weighted by Gasteiger charge is 2.40. The molecule has 0 aromatic rings. The third-order valence-electron chi connectivity index (χ3n) is 5.82. The molecule has 0 radical (unpaired) electrons. The van der Waals surface area contributed by atoms with Gasteiger partial charge in [-0.1, -0.05) is 27.7 Å². The zero-order valence-electron chi connectivity index (χ0n) is 17.1. The molecule has 1 rings (SSSR count). The normalized spacial score (nSPS) is 27.0. The molecule has 6 heteroatoms. The van der Waals surface area contributed by atoms with Gasteiger partial charge < -0.3 is 19.7 Å². The zero-order valence-corrected chi connectivity index (χ0v) is 17.1. The van der Waals surface area contributed by atoms with Crippen molar-refractivity contribution in [3.8, 4) is 0 Å². The summed E-state index contributed by atoms with van der Waals surface area (Å²) in [6.07, 6.45) is 2.24. The first-order chi connectivity index (χ1) is 11.9. The van der Waals surface area contributed by atoms with E-state index < -0.39 is 23.1 Å². The number of hydrogen-bond acceptors (Lipinski definition) is 5. The Labute approximate surface area is 157 Å². The molecule has 0 aliphatic carbocycles. The summed E-state index contributed by atoms with van der Waals surface area (Å²) in [6, 6.07) is 0. The van der Waals surface area contributed by atoms with Gasteiger partial charge in [-0.2, -0.15) is 0 Å². The van der Waals surface area contributed by atoms with Crippen LogP contribution >= 0.6 is 0 Å². The van der Waals surface area contributed by atoms with Crippen molar-refractivity contribution in [1.82, 2.24) is 0 Å². The van der Waals surface area contributed by atoms with Crippen molar-refractivity contribution >= 4 is 12.1 Å². The first-order valence-electron chi connectivity index (χ1n) is 9.75. The summed E-state index contributed by atoms with van der Waals surface area (Å²) in [5.41, 5.74) is -1.50. The fraction of sp³-hybridized carbons (Fsp3) is 0.900. The van der Waals surface area contributed by atoms with Crippen LogP contribution in [-0.2, 0) is 14.3 Å². The smallest absolute Gasteiger partial charge is 0.481 e. The van der Waals surface area contributed by atoms with E-state index in [2.05, 4.69) is 0 Å². The maximum Gasteiger partial charge on any atom is 0.509 e. The molecule has 0 aromatic carbocycles. The van der Waals surface area contributed by atoms with Crippen LogP contribution in [0.1, 0.15) is 80.1 Å². The van der Waals surface area contributed by atoms with E-state index in [1.165, 1.54) is 0 Å². The van der Waals surface area contributed by atoms with Crippen molar-refractivity contribution in [2.45, 2.75) is 97.9 Å². The summed E-state index contributed by atoms with van der Waals surface area (Å²) < 4.78 is 10.7. The Balaban J connectivity index is 2.66. The fourth-order valence-corrected chi connectivity index (χ4v) is 3.83. The Morgan fingerprint density at radius 1 is 1.04 bits per heavy atom. The zero-order chi connectivity index (χ0) is 20.1. The van der Waals surface area contributed by atoms with E-state index >= 15 is 0 Å². The van der Waals surface area contributed by atoms with Crippen molar-refractivity contribution in [2.75, 3.05) is 0 Å². The van der Waals surface area contributed by atoms with E-state index in [0.29, 0.717) is 38.5 Å². The molecule has 152 valence electrons. The molecule has 6 nitrogen and oxygen atoms in total. The molecule has 26 heavy (non-hydrogen) atoms. The van der Waals surface area contributed by atoms with Crippen LogP contribution in [0, 0.1) is 17.3 Å². The Bertz CT molecular complexity index is 489. The number of rotatable bonds is 11. The van der Waals surface area contributed by atoms with Crippen LogP contribution in [0.5, 0.6) is 0 Å². The average Bonchev–Trinajstić information content (AvgIpc) is 2.85. The Hall–Kier alpha value is -1.30. The number of carbonyl (C=O) groups is 2. The van der Waals surface area contributed by atoms with E-state index in [4.69, 9.17) is 9.47 Å². The van der Waals surface area contributed by atoms with Crippen molar-refractivity contribution in [3.05, 3.63) is 0 Å². The van der Waals surface area contributed by atoms with Crippen LogP contribution in [0.3, 0.4) is 0 Å². The molecule has 0 saturated carbocycles. The van der Waals surface area contributed by atoms with Gasteiger partial charge >= 0.3 is 12.1 Å². The lowest BCUT2D eigenvalue weighted by Gasteiger charge is -2.29. The predicted octanol–water partition coefficient (Wildman–Crippen LogP) is 4.38. The quantitative estimate of drug-likeness (QED) is 0.523. The van der Waals surface area contributed by atoms with Crippen LogP contribution in [-0.4, -0.2) is 40.1 Å². The molecule has 1 heterocycles. The Morgan fingerprint density at radius 3 is 1.88 bits per heavy atom. The van der Waals surface area contributed by atoms with Gasteiger partial charge in [0, 0.05) is 0 Å². The molecular weight excluding hydrogens is 336 g/mol. The van der Waals surface area contributed by atoms with E-state index in [1.807, 2.05) is 34.6 Å². The fourth-order valence-electron chi connectivity index (χ4n) is 3.83. The van der Waals surface area contributed by atoms with E-state index in [9.17, 15) is 19.8 Å². The van der Waals surface area contributed by atoms with Crippen molar-refractivity contribution in [2.24, 2.45) is 17.3 Å². The van der Waals surface area contributed by atoms with Gasteiger partial charge in [0.2, 0.25) is 0 Å². The molecular formula is C20H36O6. The number of carboxylic acids is 1. The summed E-state index contributed by atoms with van der Waals surface area (Å²) in [7, 11) is 0. The summed E-state index contributed by atoms with van der Waals surface area (Å²) in [5.74, 6) is -0.521. The van der Waals surface area contributed by atoms with Gasteiger partial charge in [-0.05, 0) is 64.2 Å². The van der Waals surface area contributed by atoms with Gasteiger partial charge in [-0.15, -0.1) is 0 Å². The van der Waals surface area contributed by atoms with Gasteiger partial charge in [0.05, 0.1) is 11.0 Å². The Morgan fingerprint density at radius 2 is 1.50 bits per heavy atom. The molecule has 0 aromatic heterocycles. The monoisotopic (exact) mass is 372 g/mol. The summed E-state index contributed by atoms with van der Waals surface area (Å²) in [4.78, 5) is 23.1. The topological polar surface area (TPSA) is 93.1 Å². The molecule has 0 spiro atoms. The van der Waals surface area contributed by atoms with Crippen LogP contribution in [0.4, 0.5) is 4.79 Å². The average molecular weight is 373 g/mol. The molecule has 0 amide bonds. The predicted molar refractivity (Wildman–Crippen MR) is 98.9 cm³/mol. The SMILES string of the molecule is CCC(C)(O)CC(C)CC1OC(=O)OC1CC(C)CC(C)(CC)C(=O)O. The number of aliphatic hydroxyl groups is 1. The molecule has 1 fully saturated rings. The number of cyclic esters (lactones) is 2. The molecule has 6 atom stereocenters. The summed E-state index contributed by atoms with van der Waals surface area (Å²) >= 11 is 0. The molecule has 2 N–H and O–H groups in total. The number of aliphatic carboxylic acids is 1. The van der Waals surface area contributed by atoms with Crippen molar-refractivity contribution in [1.29, 1.82) is 0 Å². The van der Waals surface area contributed by atoms with Gasteiger partial charge in [0.25, 0.3) is 0 Å². The van der Waals surface area contributed by atoms with Crippen molar-refractivity contribution < 1.29 is 29.3 Å². The molecule has 1 aliphatic heterocycles. The highest BCUT2D eigenvalue weighted by molar-refractivity contribution is 5.74. The van der Waals surface area contributed by atoms with Crippen LogP contribution in [0.25, 0.3) is 0 Å².